The van der Waals surface area contributed by atoms with E-state index in [1.807, 2.05) is 12.2 Å². The standard InChI is InChI=1S/C32H44F3N5O6/c1-8-9-10-11-12-13-19-43-24-17-16-21(20-22(24)32(33,34)35)25-36-26(46-39-25)23-15-14-18-40(23)27(37-28(41)44-30(2,3)4)38-29(42)45-31(5,6)7/h11-12,16-17,20,23H,8-10,13-15,18-19H2,1-7H3,(H,37,38,41,42)/b12-11-/t23-/m0/s1. The molecular weight excluding hydrogens is 607 g/mol. The lowest BCUT2D eigenvalue weighted by molar-refractivity contribution is -0.138. The van der Waals surface area contributed by atoms with E-state index < -0.39 is 41.2 Å². The van der Waals surface area contributed by atoms with Crippen LogP contribution in [0.25, 0.3) is 11.4 Å². The fourth-order valence-corrected chi connectivity index (χ4v) is 4.51. The third-order valence-electron chi connectivity index (χ3n) is 6.43. The number of carbonyl (C=O) groups excluding carboxylic acids is 2. The van der Waals surface area contributed by atoms with Crippen molar-refractivity contribution in [3.63, 3.8) is 0 Å². The van der Waals surface area contributed by atoms with Gasteiger partial charge >= 0.3 is 18.4 Å². The van der Waals surface area contributed by atoms with Crippen LogP contribution in [0.2, 0.25) is 0 Å². The lowest BCUT2D eigenvalue weighted by atomic mass is 10.1. The summed E-state index contributed by atoms with van der Waals surface area (Å²) >= 11 is 0. The fraction of sp³-hybridized carbons (Fsp3) is 0.594. The number of unbranched alkanes of at least 4 members (excludes halogenated alkanes) is 2. The van der Waals surface area contributed by atoms with Gasteiger partial charge in [-0.05, 0) is 85.4 Å². The maximum Gasteiger partial charge on any atom is 0.437 e. The van der Waals surface area contributed by atoms with Crippen molar-refractivity contribution in [2.75, 3.05) is 13.2 Å². The van der Waals surface area contributed by atoms with Crippen LogP contribution in [0.4, 0.5) is 22.8 Å². The van der Waals surface area contributed by atoms with E-state index in [2.05, 4.69) is 27.4 Å². The molecule has 0 spiro atoms. The Kier molecular flexibility index (Phi) is 12.2. The number of amides is 2. The second kappa shape index (κ2) is 15.5. The summed E-state index contributed by atoms with van der Waals surface area (Å²) in [6.07, 6.45) is 2.02. The van der Waals surface area contributed by atoms with E-state index in [1.54, 1.807) is 46.4 Å². The fourth-order valence-electron chi connectivity index (χ4n) is 4.51. The highest BCUT2D eigenvalue weighted by molar-refractivity contribution is 5.99. The predicted octanol–water partition coefficient (Wildman–Crippen LogP) is 8.22. The highest BCUT2D eigenvalue weighted by atomic mass is 19.4. The molecule has 1 aliphatic heterocycles. The summed E-state index contributed by atoms with van der Waals surface area (Å²) in [6.45, 7) is 12.6. The first-order valence-corrected chi connectivity index (χ1v) is 15.4. The number of hydrogen-bond acceptors (Lipinski definition) is 8. The van der Waals surface area contributed by atoms with E-state index in [1.165, 1.54) is 12.1 Å². The Bertz CT molecular complexity index is 1390. The monoisotopic (exact) mass is 651 g/mol. The summed E-state index contributed by atoms with van der Waals surface area (Å²) in [5.41, 5.74) is -2.55. The molecule has 1 aliphatic rings. The van der Waals surface area contributed by atoms with Gasteiger partial charge in [0.05, 0.1) is 12.2 Å². The van der Waals surface area contributed by atoms with Crippen LogP contribution in [0.1, 0.15) is 104 Å². The number of aliphatic imine (C=N–C) groups is 1. The minimum absolute atomic E-state index is 0.0662. The third-order valence-corrected chi connectivity index (χ3v) is 6.43. The van der Waals surface area contributed by atoms with Gasteiger partial charge < -0.3 is 23.6 Å². The Hall–Kier alpha value is -4.10. The van der Waals surface area contributed by atoms with Gasteiger partial charge in [-0.3, -0.25) is 5.32 Å². The molecule has 11 nitrogen and oxygen atoms in total. The molecule has 2 aromatic rings. The topological polar surface area (TPSA) is 128 Å². The molecule has 1 N–H and O–H groups in total. The summed E-state index contributed by atoms with van der Waals surface area (Å²) in [7, 11) is 0. The SMILES string of the molecule is CCCC/C=C\CCOc1ccc(-c2noc([C@@H]3CCCN3/C(=N/C(=O)OC(C)(C)C)NC(=O)OC(C)(C)C)n2)cc1C(F)(F)F. The number of benzene rings is 1. The van der Waals surface area contributed by atoms with Crippen molar-refractivity contribution >= 4 is 18.1 Å². The summed E-state index contributed by atoms with van der Waals surface area (Å²) < 4.78 is 63.6. The molecule has 14 heteroatoms. The molecule has 0 unspecified atom stereocenters. The maximum atomic E-state index is 14.0. The molecule has 2 amide bonds. The average Bonchev–Trinajstić information content (AvgIpc) is 3.60. The van der Waals surface area contributed by atoms with Gasteiger partial charge in [0, 0.05) is 12.1 Å². The van der Waals surface area contributed by atoms with E-state index in [0.29, 0.717) is 25.8 Å². The van der Waals surface area contributed by atoms with E-state index in [-0.39, 0.29) is 35.6 Å². The molecule has 1 atom stereocenters. The number of likely N-dealkylation sites (tertiary alicyclic amines) is 1. The van der Waals surface area contributed by atoms with Gasteiger partial charge in [0.2, 0.25) is 17.7 Å². The van der Waals surface area contributed by atoms with Gasteiger partial charge in [-0.1, -0.05) is 37.1 Å². The summed E-state index contributed by atoms with van der Waals surface area (Å²) in [5.74, 6) is -0.436. The number of alkyl halides is 3. The van der Waals surface area contributed by atoms with Crippen LogP contribution in [0.15, 0.2) is 39.9 Å². The molecule has 1 aromatic heterocycles. The minimum Gasteiger partial charge on any atom is -0.493 e. The Balaban J connectivity index is 1.85. The summed E-state index contributed by atoms with van der Waals surface area (Å²) in [4.78, 5) is 35.2. The quantitative estimate of drug-likeness (QED) is 0.123. The number of ether oxygens (including phenoxy) is 3. The molecule has 0 aliphatic carbocycles. The van der Waals surface area contributed by atoms with Crippen LogP contribution in [-0.2, 0) is 15.7 Å². The van der Waals surface area contributed by atoms with Crippen LogP contribution in [-0.4, -0.2) is 57.5 Å². The van der Waals surface area contributed by atoms with Crippen LogP contribution >= 0.6 is 0 Å². The number of nitrogens with zero attached hydrogens (tertiary/aromatic N) is 4. The molecule has 254 valence electrons. The second-order valence-electron chi connectivity index (χ2n) is 12.8. The van der Waals surface area contributed by atoms with Crippen molar-refractivity contribution in [2.24, 2.45) is 4.99 Å². The van der Waals surface area contributed by atoms with Gasteiger partial charge in [0.1, 0.15) is 23.0 Å². The van der Waals surface area contributed by atoms with E-state index in [4.69, 9.17) is 18.7 Å². The maximum absolute atomic E-state index is 14.0. The zero-order chi connectivity index (χ0) is 34.1. The summed E-state index contributed by atoms with van der Waals surface area (Å²) in [6, 6.07) is 2.95. The van der Waals surface area contributed by atoms with Gasteiger partial charge in [-0.2, -0.15) is 18.2 Å². The molecule has 1 saturated heterocycles. The zero-order valence-electron chi connectivity index (χ0n) is 27.5. The van der Waals surface area contributed by atoms with Gasteiger partial charge in [-0.25, -0.2) is 9.59 Å². The minimum atomic E-state index is -4.68. The number of aromatic nitrogens is 2. The van der Waals surface area contributed by atoms with Crippen molar-refractivity contribution in [1.29, 1.82) is 0 Å². The summed E-state index contributed by atoms with van der Waals surface area (Å²) in [5, 5.41) is 6.45. The van der Waals surface area contributed by atoms with Gasteiger partial charge in [0.15, 0.2) is 0 Å². The Labute approximate surface area is 267 Å². The van der Waals surface area contributed by atoms with Gasteiger partial charge in [0.25, 0.3) is 0 Å². The predicted molar refractivity (Wildman–Crippen MR) is 165 cm³/mol. The highest BCUT2D eigenvalue weighted by Gasteiger charge is 2.37. The van der Waals surface area contributed by atoms with Gasteiger partial charge in [-0.15, -0.1) is 4.99 Å². The first-order chi connectivity index (χ1) is 21.5. The molecule has 0 radical (unpaired) electrons. The number of halogens is 3. The Morgan fingerprint density at radius 1 is 1.09 bits per heavy atom. The average molecular weight is 652 g/mol. The number of rotatable bonds is 9. The van der Waals surface area contributed by atoms with Crippen LogP contribution in [0.5, 0.6) is 5.75 Å². The third kappa shape index (κ3) is 11.4. The van der Waals surface area contributed by atoms with Crippen molar-refractivity contribution in [1.82, 2.24) is 20.4 Å². The number of alkyl carbamates (subject to hydrolysis) is 1. The van der Waals surface area contributed by atoms with Crippen molar-refractivity contribution < 1.29 is 41.5 Å². The van der Waals surface area contributed by atoms with E-state index in [9.17, 15) is 22.8 Å². The number of hydrogen-bond donors (Lipinski definition) is 1. The first-order valence-electron chi connectivity index (χ1n) is 15.4. The second-order valence-corrected chi connectivity index (χ2v) is 12.8. The Morgan fingerprint density at radius 3 is 2.43 bits per heavy atom. The first kappa shape index (κ1) is 36.4. The lowest BCUT2D eigenvalue weighted by Crippen LogP contribution is -2.46. The molecule has 46 heavy (non-hydrogen) atoms. The largest absolute Gasteiger partial charge is 0.493 e. The molecular formula is C32H44F3N5O6. The molecule has 1 aromatic carbocycles. The van der Waals surface area contributed by atoms with E-state index in [0.717, 1.165) is 25.3 Å². The number of carbonyl (C=O) groups is 2. The number of allylic oxidation sites excluding steroid dienone is 1. The van der Waals surface area contributed by atoms with Crippen molar-refractivity contribution in [2.45, 2.75) is 110 Å². The van der Waals surface area contributed by atoms with E-state index >= 15 is 0 Å². The number of nitrogens with one attached hydrogen (secondary N) is 1. The van der Waals surface area contributed by atoms with Crippen molar-refractivity contribution in [3.05, 3.63) is 41.8 Å². The molecule has 0 bridgehead atoms. The molecule has 3 rings (SSSR count). The number of guanidine groups is 1. The van der Waals surface area contributed by atoms with Crippen LogP contribution in [0, 0.1) is 0 Å². The van der Waals surface area contributed by atoms with Crippen LogP contribution < -0.4 is 10.1 Å². The molecule has 2 heterocycles. The normalized spacial score (nSPS) is 16.2. The smallest absolute Gasteiger partial charge is 0.437 e. The highest BCUT2D eigenvalue weighted by Crippen LogP contribution is 2.39. The molecule has 1 fully saturated rings. The van der Waals surface area contributed by atoms with Crippen molar-refractivity contribution in [3.8, 4) is 17.1 Å². The molecule has 0 saturated carbocycles. The lowest BCUT2D eigenvalue weighted by Gasteiger charge is -2.27. The zero-order valence-corrected chi connectivity index (χ0v) is 27.5. The Morgan fingerprint density at radius 2 is 1.78 bits per heavy atom. The van der Waals surface area contributed by atoms with Crippen LogP contribution in [0.3, 0.4) is 0 Å².